The van der Waals surface area contributed by atoms with Crippen LogP contribution in [-0.4, -0.2) is 45.3 Å². The van der Waals surface area contributed by atoms with Gasteiger partial charge >= 0.3 is 0 Å². The van der Waals surface area contributed by atoms with E-state index in [0.717, 1.165) is 5.56 Å². The first-order valence-corrected chi connectivity index (χ1v) is 9.59. The average Bonchev–Trinajstić information content (AvgIpc) is 2.99. The average molecular weight is 374 g/mol. The highest BCUT2D eigenvalue weighted by molar-refractivity contribution is 7.89. The molecule has 0 amide bonds. The molecule has 1 fully saturated rings. The van der Waals surface area contributed by atoms with Crippen molar-refractivity contribution in [3.63, 3.8) is 0 Å². The summed E-state index contributed by atoms with van der Waals surface area (Å²) >= 11 is 0. The largest absolute Gasteiger partial charge is 0.393 e. The van der Waals surface area contributed by atoms with E-state index >= 15 is 0 Å². The van der Waals surface area contributed by atoms with Crippen molar-refractivity contribution in [3.05, 3.63) is 36.3 Å². The van der Waals surface area contributed by atoms with E-state index in [1.54, 1.807) is 24.4 Å². The minimum absolute atomic E-state index is 0.150. The summed E-state index contributed by atoms with van der Waals surface area (Å²) in [7, 11) is -3.68. The quantitative estimate of drug-likeness (QED) is 0.604. The van der Waals surface area contributed by atoms with Gasteiger partial charge in [0.05, 0.1) is 22.9 Å². The Morgan fingerprint density at radius 1 is 1.31 bits per heavy atom. The Hall–Kier alpha value is -2.56. The molecule has 136 valence electrons. The fourth-order valence-corrected chi connectivity index (χ4v) is 4.32. The Bertz CT molecular complexity index is 1090. The zero-order valence-corrected chi connectivity index (χ0v) is 14.8. The molecule has 0 atom stereocenters. The first-order valence-electron chi connectivity index (χ1n) is 8.11. The number of hydrogen-bond donors (Lipinski definition) is 3. The second kappa shape index (κ2) is 6.01. The van der Waals surface area contributed by atoms with E-state index in [4.69, 9.17) is 5.73 Å². The molecule has 2 heterocycles. The fraction of sp³-hybridized carbons (Fsp3) is 0.312. The van der Waals surface area contributed by atoms with Crippen LogP contribution >= 0.6 is 0 Å². The molecule has 26 heavy (non-hydrogen) atoms. The third kappa shape index (κ3) is 2.81. The second-order valence-electron chi connectivity index (χ2n) is 6.44. The third-order valence-electron chi connectivity index (χ3n) is 4.56. The van der Waals surface area contributed by atoms with Gasteiger partial charge in [-0.3, -0.25) is 0 Å². The maximum Gasteiger partial charge on any atom is 0.240 e. The van der Waals surface area contributed by atoms with Crippen molar-refractivity contribution in [2.75, 3.05) is 5.73 Å². The van der Waals surface area contributed by atoms with E-state index in [9.17, 15) is 13.5 Å². The van der Waals surface area contributed by atoms with Gasteiger partial charge in [-0.25, -0.2) is 27.6 Å². The lowest BCUT2D eigenvalue weighted by Crippen LogP contribution is -2.46. The standard InChI is InChI=1S/C16H18N6O3S/c1-9-2-3-12(26(24,25)21-10-4-11(23)5-10)6-13(9)14-7-18-16-15(17)19-8-20-22(14)16/h2-3,6-8,10-11,21,23H,4-5H2,1H3,(H2,17,19,20). The second-order valence-corrected chi connectivity index (χ2v) is 8.16. The van der Waals surface area contributed by atoms with Crippen molar-refractivity contribution >= 4 is 21.5 Å². The first kappa shape index (κ1) is 16.9. The Morgan fingerprint density at radius 2 is 2.08 bits per heavy atom. The molecule has 1 saturated carbocycles. The highest BCUT2D eigenvalue weighted by atomic mass is 32.2. The number of imidazole rings is 1. The zero-order chi connectivity index (χ0) is 18.5. The lowest BCUT2D eigenvalue weighted by molar-refractivity contribution is 0.0712. The molecule has 4 rings (SSSR count). The van der Waals surface area contributed by atoms with E-state index in [1.807, 2.05) is 6.92 Å². The van der Waals surface area contributed by atoms with Crippen molar-refractivity contribution < 1.29 is 13.5 Å². The van der Waals surface area contributed by atoms with Gasteiger partial charge in [0.15, 0.2) is 11.5 Å². The van der Waals surface area contributed by atoms with Crippen LogP contribution in [0.1, 0.15) is 18.4 Å². The van der Waals surface area contributed by atoms with Crippen LogP contribution in [0, 0.1) is 6.92 Å². The maximum atomic E-state index is 12.6. The number of aliphatic hydroxyl groups excluding tert-OH is 1. The number of aryl methyl sites for hydroxylation is 1. The summed E-state index contributed by atoms with van der Waals surface area (Å²) < 4.78 is 29.4. The molecule has 1 aromatic carbocycles. The van der Waals surface area contributed by atoms with E-state index < -0.39 is 16.1 Å². The SMILES string of the molecule is Cc1ccc(S(=O)(=O)NC2CC(O)C2)cc1-c1cnc2c(N)ncnn12. The van der Waals surface area contributed by atoms with Gasteiger partial charge in [-0.1, -0.05) is 6.07 Å². The Kier molecular flexibility index (Phi) is 3.90. The molecule has 0 saturated heterocycles. The Balaban J connectivity index is 1.76. The van der Waals surface area contributed by atoms with Gasteiger partial charge in [-0.15, -0.1) is 0 Å². The van der Waals surface area contributed by atoms with Gasteiger partial charge in [-0.2, -0.15) is 5.10 Å². The van der Waals surface area contributed by atoms with E-state index in [0.29, 0.717) is 29.7 Å². The monoisotopic (exact) mass is 374 g/mol. The lowest BCUT2D eigenvalue weighted by atomic mass is 9.91. The molecule has 0 aliphatic heterocycles. The number of aromatic nitrogens is 4. The molecule has 1 aliphatic carbocycles. The van der Waals surface area contributed by atoms with Gasteiger partial charge in [0, 0.05) is 11.6 Å². The number of benzene rings is 1. The molecule has 3 aromatic rings. The van der Waals surface area contributed by atoms with Crippen LogP contribution in [0.15, 0.2) is 35.6 Å². The predicted octanol–water partition coefficient (Wildman–Crippen LogP) is 0.484. The predicted molar refractivity (Wildman–Crippen MR) is 94.7 cm³/mol. The summed E-state index contributed by atoms with van der Waals surface area (Å²) in [5.74, 6) is 0.248. The van der Waals surface area contributed by atoms with Gasteiger partial charge in [0.25, 0.3) is 0 Å². The van der Waals surface area contributed by atoms with E-state index in [2.05, 4.69) is 19.8 Å². The lowest BCUT2D eigenvalue weighted by Gasteiger charge is -2.31. The van der Waals surface area contributed by atoms with Crippen LogP contribution in [0.4, 0.5) is 5.82 Å². The minimum Gasteiger partial charge on any atom is -0.393 e. The smallest absolute Gasteiger partial charge is 0.240 e. The summed E-state index contributed by atoms with van der Waals surface area (Å²) in [4.78, 5) is 8.28. The van der Waals surface area contributed by atoms with Crippen LogP contribution in [0.2, 0.25) is 0 Å². The van der Waals surface area contributed by atoms with Crippen molar-refractivity contribution in [1.82, 2.24) is 24.3 Å². The van der Waals surface area contributed by atoms with Crippen LogP contribution in [0.5, 0.6) is 0 Å². The molecule has 10 heteroatoms. The topological polar surface area (TPSA) is 136 Å². The normalized spacial score (nSPS) is 20.2. The number of nitrogens with zero attached hydrogens (tertiary/aromatic N) is 4. The van der Waals surface area contributed by atoms with Crippen LogP contribution in [0.3, 0.4) is 0 Å². The molecule has 0 radical (unpaired) electrons. The molecule has 0 spiro atoms. The number of nitrogens with two attached hydrogens (primary N) is 1. The van der Waals surface area contributed by atoms with Gasteiger partial charge in [0.1, 0.15) is 6.33 Å². The molecular formula is C16H18N6O3S. The van der Waals surface area contributed by atoms with Crippen LogP contribution in [-0.2, 0) is 10.0 Å². The zero-order valence-electron chi connectivity index (χ0n) is 14.0. The number of sulfonamides is 1. The van der Waals surface area contributed by atoms with Crippen molar-refractivity contribution in [1.29, 1.82) is 0 Å². The summed E-state index contributed by atoms with van der Waals surface area (Å²) in [5.41, 5.74) is 8.42. The number of nitrogens with one attached hydrogen (secondary N) is 1. The van der Waals surface area contributed by atoms with Crippen molar-refractivity contribution in [2.24, 2.45) is 0 Å². The summed E-state index contributed by atoms with van der Waals surface area (Å²) in [5, 5.41) is 13.5. The molecule has 1 aliphatic rings. The van der Waals surface area contributed by atoms with Gasteiger partial charge in [0.2, 0.25) is 10.0 Å². The highest BCUT2D eigenvalue weighted by Gasteiger charge is 2.31. The Labute approximate surface area is 149 Å². The van der Waals surface area contributed by atoms with Gasteiger partial charge in [-0.05, 0) is 37.5 Å². The first-order chi connectivity index (χ1) is 12.3. The summed E-state index contributed by atoms with van der Waals surface area (Å²) in [6.45, 7) is 1.88. The number of aliphatic hydroxyl groups is 1. The highest BCUT2D eigenvalue weighted by Crippen LogP contribution is 2.28. The number of fused-ring (bicyclic) bond motifs is 1. The van der Waals surface area contributed by atoms with Crippen LogP contribution < -0.4 is 10.5 Å². The Morgan fingerprint density at radius 3 is 2.81 bits per heavy atom. The molecule has 2 aromatic heterocycles. The number of rotatable bonds is 4. The van der Waals surface area contributed by atoms with Gasteiger partial charge < -0.3 is 10.8 Å². The third-order valence-corrected chi connectivity index (χ3v) is 6.08. The molecule has 0 unspecified atom stereocenters. The number of anilines is 1. The van der Waals surface area contributed by atoms with E-state index in [1.165, 1.54) is 10.8 Å². The van der Waals surface area contributed by atoms with Crippen molar-refractivity contribution in [2.45, 2.75) is 36.8 Å². The number of hydrogen-bond acceptors (Lipinski definition) is 7. The van der Waals surface area contributed by atoms with Crippen molar-refractivity contribution in [3.8, 4) is 11.3 Å². The summed E-state index contributed by atoms with van der Waals surface area (Å²) in [6.07, 6.45) is 3.35. The molecular weight excluding hydrogens is 356 g/mol. The van der Waals surface area contributed by atoms with Crippen LogP contribution in [0.25, 0.3) is 16.9 Å². The number of nitrogen functional groups attached to an aromatic ring is 1. The molecule has 4 N–H and O–H groups in total. The molecule has 0 bridgehead atoms. The fourth-order valence-electron chi connectivity index (χ4n) is 3.03. The minimum atomic E-state index is -3.68. The summed E-state index contributed by atoms with van der Waals surface area (Å²) in [6, 6.07) is 4.66. The maximum absolute atomic E-state index is 12.6. The van der Waals surface area contributed by atoms with E-state index in [-0.39, 0.29) is 16.8 Å². The molecule has 9 nitrogen and oxygen atoms in total.